The van der Waals surface area contributed by atoms with Crippen molar-refractivity contribution in [3.63, 3.8) is 0 Å². The second kappa shape index (κ2) is 15.5. The Morgan fingerprint density at radius 3 is 2.45 bits per heavy atom. The average molecular weight is 669 g/mol. The Balaban J connectivity index is 1.31. The number of amides is 3. The van der Waals surface area contributed by atoms with Crippen molar-refractivity contribution in [3.8, 4) is 5.75 Å². The maximum absolute atomic E-state index is 13.9. The van der Waals surface area contributed by atoms with Gasteiger partial charge in [0.15, 0.2) is 17.4 Å². The monoisotopic (exact) mass is 668 g/mol. The van der Waals surface area contributed by atoms with Crippen molar-refractivity contribution in [2.45, 2.75) is 57.2 Å². The number of benzene rings is 3. The maximum atomic E-state index is 13.9. The van der Waals surface area contributed by atoms with E-state index in [1.54, 1.807) is 11.0 Å². The van der Waals surface area contributed by atoms with Crippen LogP contribution in [0.1, 0.15) is 48.8 Å². The third-order valence-electron chi connectivity index (χ3n) is 8.37. The first-order chi connectivity index (χ1) is 22.6. The van der Waals surface area contributed by atoms with Crippen LogP contribution >= 0.6 is 11.6 Å². The Morgan fingerprint density at radius 1 is 0.957 bits per heavy atom. The molecule has 4 N–H and O–H groups in total. The van der Waals surface area contributed by atoms with Gasteiger partial charge in [0.1, 0.15) is 0 Å². The third-order valence-corrected chi connectivity index (χ3v) is 8.74. The molecule has 3 amide bonds. The number of rotatable bonds is 13. The topological polar surface area (TPSA) is 114 Å². The summed E-state index contributed by atoms with van der Waals surface area (Å²) in [5.41, 5.74) is 9.25. The molecule has 2 aliphatic rings. The highest BCUT2D eigenvalue weighted by Gasteiger charge is 2.39. The zero-order valence-electron chi connectivity index (χ0n) is 25.7. The summed E-state index contributed by atoms with van der Waals surface area (Å²) >= 11 is 6.32. The van der Waals surface area contributed by atoms with Crippen molar-refractivity contribution in [1.82, 2.24) is 15.5 Å². The predicted octanol–water partition coefficient (Wildman–Crippen LogP) is 5.07. The first-order valence-electron chi connectivity index (χ1n) is 15.5. The van der Waals surface area contributed by atoms with Gasteiger partial charge in [0.2, 0.25) is 23.5 Å². The number of aryl methyl sites for hydroxylation is 1. The van der Waals surface area contributed by atoms with Gasteiger partial charge >= 0.3 is 0 Å². The summed E-state index contributed by atoms with van der Waals surface area (Å²) in [7, 11) is 0. The lowest BCUT2D eigenvalue weighted by Gasteiger charge is -2.44. The van der Waals surface area contributed by atoms with E-state index in [-0.39, 0.29) is 43.8 Å². The molecule has 0 spiro atoms. The highest BCUT2D eigenvalue weighted by atomic mass is 35.5. The Bertz CT molecular complexity index is 1670. The molecule has 1 fully saturated rings. The van der Waals surface area contributed by atoms with E-state index in [9.17, 15) is 27.6 Å². The number of ether oxygens (including phenoxy) is 1. The number of nitrogens with two attached hydrogens (primary N) is 1. The van der Waals surface area contributed by atoms with Crippen molar-refractivity contribution in [2.75, 3.05) is 19.7 Å². The summed E-state index contributed by atoms with van der Waals surface area (Å²) in [6.07, 6.45) is 2.20. The van der Waals surface area contributed by atoms with Gasteiger partial charge in [-0.2, -0.15) is 4.39 Å². The van der Waals surface area contributed by atoms with Gasteiger partial charge in [0, 0.05) is 49.1 Å². The minimum Gasteiger partial charge on any atom is -0.488 e. The molecule has 3 aromatic rings. The zero-order valence-corrected chi connectivity index (χ0v) is 26.4. The lowest BCUT2D eigenvalue weighted by atomic mass is 9.82. The number of hydrogen-bond acceptors (Lipinski definition) is 5. The lowest BCUT2D eigenvalue weighted by Crippen LogP contribution is -2.62. The molecule has 0 unspecified atom stereocenters. The fourth-order valence-electron chi connectivity index (χ4n) is 6.04. The zero-order chi connectivity index (χ0) is 33.5. The molecule has 0 radical (unpaired) electrons. The van der Waals surface area contributed by atoms with Crippen LogP contribution in [0.25, 0.3) is 5.57 Å². The standard InChI is InChI=1S/C35H36ClF3N4O4/c36-26-7-2-1-6-23(26)18-41-35(46)32-25(17-24-19-43(20-29(32)42-24)31(45)9-3-8-30(40)44)22-12-10-21(11-13-22)5-4-16-47-34-28(38)15-14-27(37)33(34)39/h1-2,6-7,10-15,24,29,42H,3-5,8-9,16-20H2,(H2,40,44)(H,41,46)/t24-,29-/m1/s1. The quantitative estimate of drug-likeness (QED) is 0.174. The summed E-state index contributed by atoms with van der Waals surface area (Å²) < 4.78 is 46.4. The van der Waals surface area contributed by atoms with Crippen LogP contribution in [0.2, 0.25) is 5.02 Å². The largest absolute Gasteiger partial charge is 0.488 e. The summed E-state index contributed by atoms with van der Waals surface area (Å²) in [5.74, 6) is -5.02. The van der Waals surface area contributed by atoms with Crippen LogP contribution in [0.4, 0.5) is 13.2 Å². The number of carbonyl (C=O) groups is 3. The highest BCUT2D eigenvalue weighted by molar-refractivity contribution is 6.31. The second-order valence-corrected chi connectivity index (χ2v) is 12.1. The Morgan fingerprint density at radius 2 is 1.70 bits per heavy atom. The van der Waals surface area contributed by atoms with Crippen molar-refractivity contribution in [1.29, 1.82) is 0 Å². The number of carbonyl (C=O) groups excluding carboxylic acids is 3. The smallest absolute Gasteiger partial charge is 0.249 e. The van der Waals surface area contributed by atoms with Gasteiger partial charge in [-0.1, -0.05) is 54.1 Å². The van der Waals surface area contributed by atoms with Crippen LogP contribution in [0, 0.1) is 17.5 Å². The highest BCUT2D eigenvalue weighted by Crippen LogP contribution is 2.34. The molecular formula is C35H36ClF3N4O4. The summed E-state index contributed by atoms with van der Waals surface area (Å²) in [6, 6.07) is 16.0. The van der Waals surface area contributed by atoms with Gasteiger partial charge in [-0.25, -0.2) is 8.78 Å². The van der Waals surface area contributed by atoms with Crippen LogP contribution in [0.5, 0.6) is 5.75 Å². The summed E-state index contributed by atoms with van der Waals surface area (Å²) in [6.45, 7) is 0.988. The number of piperazine rings is 1. The normalized spacial score (nSPS) is 17.4. The molecule has 1 saturated heterocycles. The Hall–Kier alpha value is -4.35. The predicted molar refractivity (Wildman–Crippen MR) is 172 cm³/mol. The van der Waals surface area contributed by atoms with Gasteiger partial charge in [-0.15, -0.1) is 0 Å². The minimum absolute atomic E-state index is 0.00722. The van der Waals surface area contributed by atoms with Crippen LogP contribution in [0.15, 0.2) is 66.2 Å². The van der Waals surface area contributed by atoms with Crippen LogP contribution in [0.3, 0.4) is 0 Å². The number of halogens is 4. The molecule has 248 valence electrons. The fourth-order valence-corrected chi connectivity index (χ4v) is 6.24. The first-order valence-corrected chi connectivity index (χ1v) is 15.9. The molecule has 2 heterocycles. The van der Waals surface area contributed by atoms with Crippen LogP contribution < -0.4 is 21.1 Å². The molecule has 0 aliphatic carbocycles. The number of nitrogens with one attached hydrogen (secondary N) is 2. The maximum Gasteiger partial charge on any atom is 0.249 e. The number of nitrogens with zero attached hydrogens (tertiary/aromatic N) is 1. The molecule has 2 bridgehead atoms. The van der Waals surface area contributed by atoms with E-state index in [0.29, 0.717) is 55.4 Å². The van der Waals surface area contributed by atoms with Gasteiger partial charge in [0.25, 0.3) is 0 Å². The van der Waals surface area contributed by atoms with Crippen molar-refractivity contribution in [2.24, 2.45) is 5.73 Å². The fraction of sp³-hybridized carbons (Fsp3) is 0.343. The molecule has 0 saturated carbocycles. The molecule has 2 aliphatic heterocycles. The molecule has 5 rings (SSSR count). The molecule has 3 aromatic carbocycles. The minimum atomic E-state index is -1.35. The Labute approximate surface area is 276 Å². The summed E-state index contributed by atoms with van der Waals surface area (Å²) in [4.78, 5) is 39.7. The van der Waals surface area contributed by atoms with E-state index in [2.05, 4.69) is 10.6 Å². The molecular weight excluding hydrogens is 633 g/mol. The second-order valence-electron chi connectivity index (χ2n) is 11.7. The molecule has 12 heteroatoms. The van der Waals surface area contributed by atoms with Gasteiger partial charge in [0.05, 0.1) is 12.6 Å². The van der Waals surface area contributed by atoms with Crippen molar-refractivity contribution >= 4 is 34.9 Å². The number of primary amides is 1. The van der Waals surface area contributed by atoms with Crippen molar-refractivity contribution < 1.29 is 32.3 Å². The SMILES string of the molecule is NC(=O)CCCC(=O)N1C[C@H]2CC(c3ccc(CCCOc4c(F)ccc(F)c4F)cc3)=C(C(=O)NCc3ccccc3Cl)[C@@H](C1)N2. The Kier molecular flexibility index (Phi) is 11.2. The van der Waals surface area contributed by atoms with E-state index >= 15 is 0 Å². The molecule has 2 atom stereocenters. The molecule has 8 nitrogen and oxygen atoms in total. The van der Waals surface area contributed by atoms with Crippen LogP contribution in [-0.4, -0.2) is 54.4 Å². The van der Waals surface area contributed by atoms with Crippen LogP contribution in [-0.2, 0) is 27.3 Å². The molecule has 47 heavy (non-hydrogen) atoms. The van der Waals surface area contributed by atoms with E-state index < -0.39 is 35.2 Å². The van der Waals surface area contributed by atoms with Crippen molar-refractivity contribution in [3.05, 3.63) is 105 Å². The van der Waals surface area contributed by atoms with E-state index in [0.717, 1.165) is 28.3 Å². The van der Waals surface area contributed by atoms with E-state index in [4.69, 9.17) is 22.1 Å². The summed E-state index contributed by atoms with van der Waals surface area (Å²) in [5, 5.41) is 7.07. The van der Waals surface area contributed by atoms with E-state index in [1.807, 2.05) is 42.5 Å². The van der Waals surface area contributed by atoms with Gasteiger partial charge in [-0.05, 0) is 66.1 Å². The third kappa shape index (κ3) is 8.52. The number of fused-ring (bicyclic) bond motifs is 2. The average Bonchev–Trinajstić information content (AvgIpc) is 3.05. The molecule has 0 aromatic heterocycles. The number of hydrogen-bond donors (Lipinski definition) is 3. The van der Waals surface area contributed by atoms with E-state index in [1.165, 1.54) is 0 Å². The lowest BCUT2D eigenvalue weighted by molar-refractivity contribution is -0.133. The van der Waals surface area contributed by atoms with Gasteiger partial charge in [-0.3, -0.25) is 14.4 Å². The van der Waals surface area contributed by atoms with Gasteiger partial charge < -0.3 is 26.0 Å². The first kappa shape index (κ1) is 34.0.